The second-order valence-corrected chi connectivity index (χ2v) is 7.95. The number of rotatable bonds is 9. The Balaban J connectivity index is 1.51. The number of aromatic nitrogens is 5. The first-order valence-corrected chi connectivity index (χ1v) is 10.9. The van der Waals surface area contributed by atoms with E-state index in [1.807, 2.05) is 36.4 Å². The van der Waals surface area contributed by atoms with Gasteiger partial charge in [-0.1, -0.05) is 19.9 Å². The van der Waals surface area contributed by atoms with Crippen LogP contribution < -0.4 is 15.4 Å². The Hall–Kier alpha value is -4.40. The average Bonchev–Trinajstić information content (AvgIpc) is 2.87. The van der Waals surface area contributed by atoms with E-state index < -0.39 is 0 Å². The van der Waals surface area contributed by atoms with Gasteiger partial charge in [0, 0.05) is 48.6 Å². The summed E-state index contributed by atoms with van der Waals surface area (Å²) in [5.41, 5.74) is 5.04. The van der Waals surface area contributed by atoms with Crippen LogP contribution in [0.25, 0.3) is 16.6 Å². The van der Waals surface area contributed by atoms with Gasteiger partial charge in [0.2, 0.25) is 5.88 Å². The highest BCUT2D eigenvalue weighted by molar-refractivity contribution is 6.08. The maximum atomic E-state index is 7.85. The van der Waals surface area contributed by atoms with Gasteiger partial charge >= 0.3 is 0 Å². The first-order valence-electron chi connectivity index (χ1n) is 10.9. The number of ether oxygens (including phenoxy) is 1. The molecule has 4 aromatic heterocycles. The van der Waals surface area contributed by atoms with Crippen LogP contribution in [0.1, 0.15) is 36.5 Å². The fourth-order valence-corrected chi connectivity index (χ4v) is 3.25. The molecular formula is C25H26N8O. The Morgan fingerprint density at radius 2 is 1.91 bits per heavy atom. The number of allylic oxidation sites excluding steroid dienone is 1. The summed E-state index contributed by atoms with van der Waals surface area (Å²) in [7, 11) is 1.59. The molecule has 0 aliphatic carbocycles. The van der Waals surface area contributed by atoms with E-state index in [1.165, 1.54) is 6.21 Å². The number of nitrogens with one attached hydrogen (secondary N) is 3. The zero-order chi connectivity index (χ0) is 23.9. The summed E-state index contributed by atoms with van der Waals surface area (Å²) in [6.07, 6.45) is 8.33. The van der Waals surface area contributed by atoms with Crippen LogP contribution in [0, 0.1) is 5.41 Å². The molecule has 34 heavy (non-hydrogen) atoms. The van der Waals surface area contributed by atoms with Crippen LogP contribution in [0.4, 0.5) is 11.6 Å². The highest BCUT2D eigenvalue weighted by Crippen LogP contribution is 2.21. The molecule has 0 radical (unpaired) electrons. The van der Waals surface area contributed by atoms with Crippen molar-refractivity contribution in [2.24, 2.45) is 0 Å². The number of hydrogen-bond acceptors (Lipinski definition) is 9. The Kier molecular flexibility index (Phi) is 7.02. The summed E-state index contributed by atoms with van der Waals surface area (Å²) < 4.78 is 5.08. The molecule has 4 heterocycles. The standard InChI is InChI=1S/C25H26N8O/c1-16(2)18-9-24(33-30-15-18)32-23-6-5-21-22(31-23)8-19(14-28-21)20(10-26)13-27-11-17-4-7-25(34-3)29-12-17/h4-10,12-16,26-27H,11H2,1-3H3,(H,31,32,33)/b20-13+,26-10?. The lowest BCUT2D eigenvalue weighted by Crippen LogP contribution is -2.07. The van der Waals surface area contributed by atoms with Gasteiger partial charge in [0.05, 0.1) is 24.3 Å². The maximum Gasteiger partial charge on any atom is 0.212 e. The minimum Gasteiger partial charge on any atom is -0.481 e. The van der Waals surface area contributed by atoms with E-state index in [4.69, 9.17) is 10.1 Å². The number of methoxy groups -OCH3 is 1. The highest BCUT2D eigenvalue weighted by atomic mass is 16.5. The first kappa shape index (κ1) is 22.8. The van der Waals surface area contributed by atoms with Crippen LogP contribution in [0.15, 0.2) is 61.2 Å². The fraction of sp³-hybridized carbons (Fsp3) is 0.200. The predicted molar refractivity (Wildman–Crippen MR) is 133 cm³/mol. The van der Waals surface area contributed by atoms with Crippen LogP contribution in [-0.4, -0.2) is 38.5 Å². The van der Waals surface area contributed by atoms with Crippen molar-refractivity contribution < 1.29 is 4.74 Å². The van der Waals surface area contributed by atoms with Crippen molar-refractivity contribution in [2.45, 2.75) is 26.3 Å². The van der Waals surface area contributed by atoms with Crippen LogP contribution >= 0.6 is 0 Å². The summed E-state index contributed by atoms with van der Waals surface area (Å²) in [6.45, 7) is 4.79. The molecule has 0 fully saturated rings. The second kappa shape index (κ2) is 10.5. The number of anilines is 2. The monoisotopic (exact) mass is 454 g/mol. The topological polar surface area (TPSA) is 122 Å². The van der Waals surface area contributed by atoms with Gasteiger partial charge < -0.3 is 20.8 Å². The molecule has 0 bridgehead atoms. The largest absolute Gasteiger partial charge is 0.481 e. The Labute approximate surface area is 197 Å². The van der Waals surface area contributed by atoms with Gasteiger partial charge in [-0.3, -0.25) is 4.98 Å². The van der Waals surface area contributed by atoms with Crippen molar-refractivity contribution in [2.75, 3.05) is 12.4 Å². The van der Waals surface area contributed by atoms with Crippen molar-refractivity contribution in [3.8, 4) is 5.88 Å². The van der Waals surface area contributed by atoms with Crippen LogP contribution in [0.3, 0.4) is 0 Å². The molecule has 3 N–H and O–H groups in total. The highest BCUT2D eigenvalue weighted by Gasteiger charge is 2.07. The normalized spacial score (nSPS) is 11.5. The molecule has 9 heteroatoms. The zero-order valence-electron chi connectivity index (χ0n) is 19.3. The summed E-state index contributed by atoms with van der Waals surface area (Å²) in [4.78, 5) is 13.4. The van der Waals surface area contributed by atoms with E-state index in [9.17, 15) is 0 Å². The Morgan fingerprint density at radius 3 is 2.65 bits per heavy atom. The van der Waals surface area contributed by atoms with Crippen LogP contribution in [0.5, 0.6) is 5.88 Å². The summed E-state index contributed by atoms with van der Waals surface area (Å²) >= 11 is 0. The lowest BCUT2D eigenvalue weighted by atomic mass is 10.1. The maximum absolute atomic E-state index is 7.85. The minimum atomic E-state index is 0.355. The minimum absolute atomic E-state index is 0.355. The number of nitrogens with zero attached hydrogens (tertiary/aromatic N) is 5. The molecule has 0 atom stereocenters. The van der Waals surface area contributed by atoms with Gasteiger partial charge in [-0.2, -0.15) is 5.10 Å². The first-order chi connectivity index (χ1) is 16.6. The van der Waals surface area contributed by atoms with E-state index in [-0.39, 0.29) is 0 Å². The van der Waals surface area contributed by atoms with Crippen molar-refractivity contribution in [3.05, 3.63) is 77.9 Å². The van der Waals surface area contributed by atoms with Crippen molar-refractivity contribution in [1.29, 1.82) is 5.41 Å². The number of pyridine rings is 3. The average molecular weight is 455 g/mol. The summed E-state index contributed by atoms with van der Waals surface area (Å²) in [5.74, 6) is 2.21. The van der Waals surface area contributed by atoms with Gasteiger partial charge in [0.25, 0.3) is 0 Å². The molecule has 4 aromatic rings. The Bertz CT molecular complexity index is 1320. The van der Waals surface area contributed by atoms with Crippen LogP contribution in [-0.2, 0) is 6.54 Å². The van der Waals surface area contributed by atoms with E-state index in [0.29, 0.717) is 41.1 Å². The van der Waals surface area contributed by atoms with Crippen molar-refractivity contribution in [1.82, 2.24) is 30.5 Å². The van der Waals surface area contributed by atoms with Gasteiger partial charge in [-0.25, -0.2) is 9.97 Å². The van der Waals surface area contributed by atoms with Gasteiger partial charge in [-0.15, -0.1) is 5.10 Å². The smallest absolute Gasteiger partial charge is 0.212 e. The molecule has 0 amide bonds. The lowest BCUT2D eigenvalue weighted by Gasteiger charge is -2.09. The fourth-order valence-electron chi connectivity index (χ4n) is 3.25. The van der Waals surface area contributed by atoms with E-state index in [0.717, 1.165) is 22.2 Å². The van der Waals surface area contributed by atoms with Crippen molar-refractivity contribution in [3.63, 3.8) is 0 Å². The SMILES string of the molecule is COc1ccc(CN/C=C(\C=N)c2cnc3ccc(Nc4cc(C(C)C)cnn4)nc3c2)cn1. The summed E-state index contributed by atoms with van der Waals surface area (Å²) in [5, 5.41) is 22.5. The van der Waals surface area contributed by atoms with E-state index in [2.05, 4.69) is 49.6 Å². The van der Waals surface area contributed by atoms with Gasteiger partial charge in [-0.05, 0) is 41.3 Å². The van der Waals surface area contributed by atoms with Crippen LogP contribution in [0.2, 0.25) is 0 Å². The summed E-state index contributed by atoms with van der Waals surface area (Å²) in [6, 6.07) is 11.4. The second-order valence-electron chi connectivity index (χ2n) is 7.95. The number of fused-ring (bicyclic) bond motifs is 1. The molecule has 172 valence electrons. The quantitative estimate of drug-likeness (QED) is 0.317. The zero-order valence-corrected chi connectivity index (χ0v) is 19.3. The van der Waals surface area contributed by atoms with Gasteiger partial charge in [0.1, 0.15) is 5.82 Å². The molecule has 0 aliphatic rings. The molecule has 0 aromatic carbocycles. The third kappa shape index (κ3) is 5.50. The molecule has 4 rings (SSSR count). The third-order valence-corrected chi connectivity index (χ3v) is 5.20. The molecule has 0 aliphatic heterocycles. The lowest BCUT2D eigenvalue weighted by molar-refractivity contribution is 0.397. The Morgan fingerprint density at radius 1 is 1.03 bits per heavy atom. The number of hydrogen-bond donors (Lipinski definition) is 3. The molecule has 0 spiro atoms. The van der Waals surface area contributed by atoms with E-state index in [1.54, 1.807) is 31.9 Å². The molecule has 0 saturated carbocycles. The van der Waals surface area contributed by atoms with Crippen molar-refractivity contribution >= 4 is 34.5 Å². The van der Waals surface area contributed by atoms with E-state index >= 15 is 0 Å². The third-order valence-electron chi connectivity index (χ3n) is 5.20. The predicted octanol–water partition coefficient (Wildman–Crippen LogP) is 4.47. The molecule has 0 unspecified atom stereocenters. The molecule has 9 nitrogen and oxygen atoms in total. The molecule has 0 saturated heterocycles. The van der Waals surface area contributed by atoms with Gasteiger partial charge in [0.15, 0.2) is 5.82 Å². The molecular weight excluding hydrogens is 428 g/mol.